The van der Waals surface area contributed by atoms with Gasteiger partial charge in [0.05, 0.1) is 16.8 Å². The van der Waals surface area contributed by atoms with Gasteiger partial charge in [-0.05, 0) is 56.5 Å². The number of halogens is 2. The Morgan fingerprint density at radius 2 is 1.81 bits per heavy atom. The van der Waals surface area contributed by atoms with Gasteiger partial charge in [0.1, 0.15) is 0 Å². The number of likely N-dealkylation sites (N-methyl/N-ethyl adjacent to an activating group) is 1. The highest BCUT2D eigenvalue weighted by Crippen LogP contribution is 2.41. The van der Waals surface area contributed by atoms with Gasteiger partial charge in [0.2, 0.25) is 5.91 Å². The normalized spacial score (nSPS) is 15.5. The van der Waals surface area contributed by atoms with Crippen molar-refractivity contribution in [3.8, 4) is 5.69 Å². The number of para-hydroxylation sites is 1. The fourth-order valence-electron chi connectivity index (χ4n) is 4.59. The molecule has 1 amide bonds. The first-order valence-electron chi connectivity index (χ1n) is 10.7. The van der Waals surface area contributed by atoms with Crippen molar-refractivity contribution >= 4 is 29.1 Å². The third-order valence-corrected chi connectivity index (χ3v) is 6.93. The lowest BCUT2D eigenvalue weighted by atomic mass is 9.73. The molecule has 5 nitrogen and oxygen atoms in total. The van der Waals surface area contributed by atoms with Gasteiger partial charge in [0, 0.05) is 48.1 Å². The first kappa shape index (κ1) is 22.8. The van der Waals surface area contributed by atoms with Crippen molar-refractivity contribution < 1.29 is 9.53 Å². The number of rotatable bonds is 5. The zero-order valence-electron chi connectivity index (χ0n) is 18.6. The molecule has 2 heterocycles. The summed E-state index contributed by atoms with van der Waals surface area (Å²) in [4.78, 5) is 15.7. The van der Waals surface area contributed by atoms with E-state index < -0.39 is 5.41 Å². The van der Waals surface area contributed by atoms with Crippen LogP contribution in [0, 0.1) is 13.8 Å². The fourth-order valence-corrected chi connectivity index (χ4v) is 5.18. The van der Waals surface area contributed by atoms with E-state index >= 15 is 0 Å². The summed E-state index contributed by atoms with van der Waals surface area (Å²) >= 11 is 12.7. The fraction of sp³-hybridized carbons (Fsp3) is 0.360. The van der Waals surface area contributed by atoms with Crippen molar-refractivity contribution in [2.45, 2.75) is 38.6 Å². The van der Waals surface area contributed by atoms with Gasteiger partial charge >= 0.3 is 0 Å². The molecule has 0 N–H and O–H groups in total. The molecular weight excluding hydrogens is 445 g/mol. The van der Waals surface area contributed by atoms with Gasteiger partial charge in [0.15, 0.2) is 0 Å². The van der Waals surface area contributed by atoms with Crippen LogP contribution in [0.25, 0.3) is 5.69 Å². The second-order valence-electron chi connectivity index (χ2n) is 8.38. The van der Waals surface area contributed by atoms with E-state index in [0.717, 1.165) is 28.2 Å². The lowest BCUT2D eigenvalue weighted by molar-refractivity contribution is -0.140. The summed E-state index contributed by atoms with van der Waals surface area (Å²) in [5.41, 5.74) is 4.08. The van der Waals surface area contributed by atoms with E-state index in [-0.39, 0.29) is 5.91 Å². The van der Waals surface area contributed by atoms with Gasteiger partial charge in [-0.2, -0.15) is 5.10 Å². The zero-order valence-corrected chi connectivity index (χ0v) is 20.1. The Morgan fingerprint density at radius 3 is 2.47 bits per heavy atom. The second-order valence-corrected chi connectivity index (χ2v) is 9.22. The number of amides is 1. The van der Waals surface area contributed by atoms with E-state index in [9.17, 15) is 4.79 Å². The molecule has 1 fully saturated rings. The van der Waals surface area contributed by atoms with Crippen LogP contribution in [0.4, 0.5) is 0 Å². The van der Waals surface area contributed by atoms with E-state index in [0.29, 0.717) is 42.6 Å². The smallest absolute Gasteiger partial charge is 0.233 e. The number of nitrogens with zero attached hydrogens (tertiary/aromatic N) is 3. The molecule has 0 atom stereocenters. The van der Waals surface area contributed by atoms with E-state index in [2.05, 4.69) is 0 Å². The first-order valence-corrected chi connectivity index (χ1v) is 11.5. The number of aromatic nitrogens is 2. The van der Waals surface area contributed by atoms with Crippen molar-refractivity contribution in [2.75, 3.05) is 20.3 Å². The predicted octanol–water partition coefficient (Wildman–Crippen LogP) is 5.50. The molecule has 1 saturated heterocycles. The third-order valence-electron chi connectivity index (χ3n) is 6.39. The van der Waals surface area contributed by atoms with Crippen LogP contribution >= 0.6 is 23.2 Å². The number of carbonyl (C=O) groups is 1. The Hall–Kier alpha value is -2.34. The van der Waals surface area contributed by atoms with Crippen molar-refractivity contribution in [2.24, 2.45) is 0 Å². The van der Waals surface area contributed by atoms with Crippen LogP contribution in [0.5, 0.6) is 0 Å². The molecule has 168 valence electrons. The number of aryl methyl sites for hydroxylation is 1. The summed E-state index contributed by atoms with van der Waals surface area (Å²) < 4.78 is 7.53. The topological polar surface area (TPSA) is 47.4 Å². The SMILES string of the molecule is Cc1nn(-c2ccccc2)c(C)c1CN(C)C(=O)C1(c2ccc(Cl)cc2Cl)CCOCC1. The summed E-state index contributed by atoms with van der Waals surface area (Å²) in [6, 6.07) is 15.4. The average molecular weight is 472 g/mol. The number of carbonyl (C=O) groups excluding carboxylic acids is 1. The summed E-state index contributed by atoms with van der Waals surface area (Å²) in [5, 5.41) is 5.80. The molecule has 4 rings (SSSR count). The number of hydrogen-bond donors (Lipinski definition) is 0. The Labute approximate surface area is 198 Å². The summed E-state index contributed by atoms with van der Waals surface area (Å²) in [5.74, 6) is 0.0382. The van der Waals surface area contributed by atoms with Gasteiger partial charge in [-0.1, -0.05) is 47.5 Å². The van der Waals surface area contributed by atoms with E-state index in [1.165, 1.54) is 0 Å². The van der Waals surface area contributed by atoms with Gasteiger partial charge in [0.25, 0.3) is 0 Å². The van der Waals surface area contributed by atoms with Gasteiger partial charge in [-0.15, -0.1) is 0 Å². The molecular formula is C25H27Cl2N3O2. The molecule has 7 heteroatoms. The Balaban J connectivity index is 1.66. The number of ether oxygens (including phenoxy) is 1. The van der Waals surface area contributed by atoms with Crippen molar-refractivity contribution in [1.82, 2.24) is 14.7 Å². The summed E-state index contributed by atoms with van der Waals surface area (Å²) in [6.45, 7) is 5.53. The average Bonchev–Trinajstić information content (AvgIpc) is 3.07. The van der Waals surface area contributed by atoms with Crippen LogP contribution in [0.2, 0.25) is 10.0 Å². The Kier molecular flexibility index (Phi) is 6.61. The van der Waals surface area contributed by atoms with Crippen LogP contribution in [0.1, 0.15) is 35.4 Å². The van der Waals surface area contributed by atoms with Crippen molar-refractivity contribution in [3.63, 3.8) is 0 Å². The highest BCUT2D eigenvalue weighted by Gasteiger charge is 2.44. The minimum Gasteiger partial charge on any atom is -0.381 e. The molecule has 0 bridgehead atoms. The van der Waals surface area contributed by atoms with E-state index in [1.807, 2.05) is 62.0 Å². The second kappa shape index (κ2) is 9.26. The molecule has 0 saturated carbocycles. The molecule has 3 aromatic rings. The van der Waals surface area contributed by atoms with Crippen LogP contribution in [-0.2, 0) is 21.5 Å². The maximum atomic E-state index is 13.9. The summed E-state index contributed by atoms with van der Waals surface area (Å²) in [7, 11) is 1.85. The van der Waals surface area contributed by atoms with Crippen LogP contribution < -0.4 is 0 Å². The molecule has 1 aliphatic rings. The highest BCUT2D eigenvalue weighted by atomic mass is 35.5. The van der Waals surface area contributed by atoms with Crippen molar-refractivity contribution in [3.05, 3.63) is 81.1 Å². The largest absolute Gasteiger partial charge is 0.381 e. The van der Waals surface area contributed by atoms with Crippen LogP contribution in [-0.4, -0.2) is 40.8 Å². The number of benzene rings is 2. The van der Waals surface area contributed by atoms with E-state index in [1.54, 1.807) is 17.0 Å². The quantitative estimate of drug-likeness (QED) is 0.493. The Morgan fingerprint density at radius 1 is 1.12 bits per heavy atom. The molecule has 0 spiro atoms. The highest BCUT2D eigenvalue weighted by molar-refractivity contribution is 6.35. The third kappa shape index (κ3) is 4.17. The maximum Gasteiger partial charge on any atom is 0.233 e. The van der Waals surface area contributed by atoms with Crippen molar-refractivity contribution in [1.29, 1.82) is 0 Å². The van der Waals surface area contributed by atoms with Gasteiger partial charge < -0.3 is 9.64 Å². The standard InChI is InChI=1S/C25H27Cl2N3O2/c1-17-21(18(2)30(28-17)20-7-5-4-6-8-20)16-29(3)24(31)25(11-13-32-14-12-25)22-10-9-19(26)15-23(22)27/h4-10,15H,11-14,16H2,1-3H3. The molecule has 2 aromatic carbocycles. The lowest BCUT2D eigenvalue weighted by Crippen LogP contribution is -2.48. The lowest BCUT2D eigenvalue weighted by Gasteiger charge is -2.39. The van der Waals surface area contributed by atoms with Gasteiger partial charge in [-0.3, -0.25) is 4.79 Å². The molecule has 0 aliphatic carbocycles. The molecule has 32 heavy (non-hydrogen) atoms. The van der Waals surface area contributed by atoms with E-state index in [4.69, 9.17) is 33.0 Å². The molecule has 1 aliphatic heterocycles. The Bertz CT molecular complexity index is 1120. The molecule has 1 aromatic heterocycles. The molecule has 0 unspecified atom stereocenters. The van der Waals surface area contributed by atoms with Crippen LogP contribution in [0.3, 0.4) is 0 Å². The molecule has 0 radical (unpaired) electrons. The zero-order chi connectivity index (χ0) is 22.9. The first-order chi connectivity index (χ1) is 15.3. The predicted molar refractivity (Wildman–Crippen MR) is 128 cm³/mol. The van der Waals surface area contributed by atoms with Gasteiger partial charge in [-0.25, -0.2) is 4.68 Å². The van der Waals surface area contributed by atoms with Crippen LogP contribution in [0.15, 0.2) is 48.5 Å². The minimum absolute atomic E-state index is 0.0382. The number of hydrogen-bond acceptors (Lipinski definition) is 3. The minimum atomic E-state index is -0.730. The monoisotopic (exact) mass is 471 g/mol. The summed E-state index contributed by atoms with van der Waals surface area (Å²) in [6.07, 6.45) is 1.16. The maximum absolute atomic E-state index is 13.9.